The highest BCUT2D eigenvalue weighted by molar-refractivity contribution is 5.62. The second-order valence-electron chi connectivity index (χ2n) is 4.46. The Kier molecular flexibility index (Phi) is 4.23. The fraction of sp³-hybridized carbons (Fsp3) is 0.267. The number of hydrogen-bond acceptors (Lipinski definition) is 4. The van der Waals surface area contributed by atoms with Crippen LogP contribution >= 0.6 is 0 Å². The molecule has 0 saturated heterocycles. The number of nitrogens with two attached hydrogens (primary N) is 1. The van der Waals surface area contributed by atoms with Gasteiger partial charge in [-0.05, 0) is 31.5 Å². The molecule has 0 aliphatic heterocycles. The molecule has 0 bridgehead atoms. The summed E-state index contributed by atoms with van der Waals surface area (Å²) >= 11 is 0. The lowest BCUT2D eigenvalue weighted by Crippen LogP contribution is -2.09. The highest BCUT2D eigenvalue weighted by Gasteiger charge is 2.02. The monoisotopic (exact) mass is 257 g/mol. The summed E-state index contributed by atoms with van der Waals surface area (Å²) in [5, 5.41) is 3.28. The van der Waals surface area contributed by atoms with E-state index in [1.807, 2.05) is 30.3 Å². The minimum atomic E-state index is 0.215. The standard InChI is InChI=1S/C15H19N3O/c1-3-11(2)19-14-6-4-5-12(9-14)18-13-7-8-17-15(16)10-13/h4-11H,3H2,1-2H3,(H3,16,17,18). The molecule has 19 heavy (non-hydrogen) atoms. The molecule has 4 nitrogen and oxygen atoms in total. The van der Waals surface area contributed by atoms with Crippen LogP contribution in [0, 0.1) is 0 Å². The molecule has 100 valence electrons. The quantitative estimate of drug-likeness (QED) is 0.859. The minimum Gasteiger partial charge on any atom is -0.491 e. The predicted molar refractivity (Wildman–Crippen MR) is 78.8 cm³/mol. The molecule has 1 heterocycles. The summed E-state index contributed by atoms with van der Waals surface area (Å²) in [6.07, 6.45) is 2.88. The third kappa shape index (κ3) is 3.88. The first-order valence-electron chi connectivity index (χ1n) is 6.42. The SMILES string of the molecule is CCC(C)Oc1cccc(Nc2ccnc(N)c2)c1. The molecule has 0 aliphatic rings. The fourth-order valence-electron chi connectivity index (χ4n) is 1.66. The van der Waals surface area contributed by atoms with Crippen molar-refractivity contribution in [2.75, 3.05) is 11.1 Å². The van der Waals surface area contributed by atoms with Gasteiger partial charge in [0.05, 0.1) is 6.10 Å². The van der Waals surface area contributed by atoms with Crippen LogP contribution in [0.2, 0.25) is 0 Å². The minimum absolute atomic E-state index is 0.215. The first kappa shape index (κ1) is 13.2. The highest BCUT2D eigenvalue weighted by Crippen LogP contribution is 2.23. The first-order chi connectivity index (χ1) is 9.17. The second-order valence-corrected chi connectivity index (χ2v) is 4.46. The van der Waals surface area contributed by atoms with Crippen molar-refractivity contribution in [2.24, 2.45) is 0 Å². The number of benzene rings is 1. The third-order valence-corrected chi connectivity index (χ3v) is 2.82. The maximum absolute atomic E-state index is 5.79. The molecule has 0 aliphatic carbocycles. The first-order valence-corrected chi connectivity index (χ1v) is 6.42. The number of aromatic nitrogens is 1. The van der Waals surface area contributed by atoms with Gasteiger partial charge in [-0.3, -0.25) is 0 Å². The highest BCUT2D eigenvalue weighted by atomic mass is 16.5. The predicted octanol–water partition coefficient (Wildman–Crippen LogP) is 3.58. The van der Waals surface area contributed by atoms with Gasteiger partial charge in [0, 0.05) is 29.7 Å². The molecule has 0 fully saturated rings. The van der Waals surface area contributed by atoms with Crippen molar-refractivity contribution in [3.8, 4) is 5.75 Å². The van der Waals surface area contributed by atoms with Crippen LogP contribution in [0.3, 0.4) is 0 Å². The molecule has 2 aromatic rings. The molecule has 1 atom stereocenters. The normalized spacial score (nSPS) is 11.9. The van der Waals surface area contributed by atoms with Gasteiger partial charge in [0.15, 0.2) is 0 Å². The summed E-state index contributed by atoms with van der Waals surface area (Å²) in [7, 11) is 0. The zero-order chi connectivity index (χ0) is 13.7. The largest absolute Gasteiger partial charge is 0.491 e. The summed E-state index contributed by atoms with van der Waals surface area (Å²) in [6, 6.07) is 11.5. The molecule has 2 rings (SSSR count). The average molecular weight is 257 g/mol. The number of anilines is 3. The van der Waals surface area contributed by atoms with E-state index >= 15 is 0 Å². The number of nitrogens with zero attached hydrogens (tertiary/aromatic N) is 1. The molecule has 1 unspecified atom stereocenters. The topological polar surface area (TPSA) is 60.2 Å². The van der Waals surface area contributed by atoms with Crippen molar-refractivity contribution >= 4 is 17.2 Å². The second kappa shape index (κ2) is 6.09. The number of ether oxygens (including phenoxy) is 1. The van der Waals surface area contributed by atoms with Crippen LogP contribution in [0.25, 0.3) is 0 Å². The lowest BCUT2D eigenvalue weighted by molar-refractivity contribution is 0.217. The lowest BCUT2D eigenvalue weighted by atomic mass is 10.2. The molecule has 3 N–H and O–H groups in total. The van der Waals surface area contributed by atoms with E-state index in [0.29, 0.717) is 5.82 Å². The Bertz CT molecular complexity index is 542. The van der Waals surface area contributed by atoms with E-state index < -0.39 is 0 Å². The lowest BCUT2D eigenvalue weighted by Gasteiger charge is -2.14. The fourth-order valence-corrected chi connectivity index (χ4v) is 1.66. The third-order valence-electron chi connectivity index (χ3n) is 2.82. The maximum atomic E-state index is 5.79. The van der Waals surface area contributed by atoms with Crippen LogP contribution in [0.5, 0.6) is 5.75 Å². The molecule has 0 amide bonds. The van der Waals surface area contributed by atoms with Crippen molar-refractivity contribution < 1.29 is 4.74 Å². The van der Waals surface area contributed by atoms with Crippen molar-refractivity contribution in [2.45, 2.75) is 26.4 Å². The zero-order valence-electron chi connectivity index (χ0n) is 11.3. The molecule has 0 saturated carbocycles. The van der Waals surface area contributed by atoms with Crippen LogP contribution < -0.4 is 15.8 Å². The number of hydrogen-bond donors (Lipinski definition) is 2. The summed E-state index contributed by atoms with van der Waals surface area (Å²) in [5.41, 5.74) is 7.52. The van der Waals surface area contributed by atoms with Gasteiger partial charge in [0.1, 0.15) is 11.6 Å². The molecule has 1 aromatic heterocycles. The van der Waals surface area contributed by atoms with Gasteiger partial charge in [-0.1, -0.05) is 13.0 Å². The van der Waals surface area contributed by atoms with Crippen molar-refractivity contribution in [3.63, 3.8) is 0 Å². The van der Waals surface area contributed by atoms with Gasteiger partial charge in [-0.15, -0.1) is 0 Å². The number of nitrogen functional groups attached to an aromatic ring is 1. The molecular formula is C15H19N3O. The van der Waals surface area contributed by atoms with Crippen LogP contribution in [0.1, 0.15) is 20.3 Å². The van der Waals surface area contributed by atoms with E-state index in [4.69, 9.17) is 10.5 Å². The van der Waals surface area contributed by atoms with Crippen molar-refractivity contribution in [3.05, 3.63) is 42.6 Å². The Labute approximate surface area is 113 Å². The van der Waals surface area contributed by atoms with Crippen LogP contribution in [-0.2, 0) is 0 Å². The van der Waals surface area contributed by atoms with Crippen molar-refractivity contribution in [1.82, 2.24) is 4.98 Å². The summed E-state index contributed by atoms with van der Waals surface area (Å²) in [6.45, 7) is 4.16. The van der Waals surface area contributed by atoms with Gasteiger partial charge >= 0.3 is 0 Å². The van der Waals surface area contributed by atoms with Gasteiger partial charge in [-0.25, -0.2) is 4.98 Å². The summed E-state index contributed by atoms with van der Waals surface area (Å²) in [5.74, 6) is 1.36. The van der Waals surface area contributed by atoms with Gasteiger partial charge in [0.2, 0.25) is 0 Å². The van der Waals surface area contributed by atoms with Gasteiger partial charge < -0.3 is 15.8 Å². The Morgan fingerprint density at radius 2 is 2.05 bits per heavy atom. The maximum Gasteiger partial charge on any atom is 0.125 e. The van der Waals surface area contributed by atoms with E-state index in [2.05, 4.69) is 24.1 Å². The van der Waals surface area contributed by atoms with E-state index in [-0.39, 0.29) is 6.10 Å². The van der Waals surface area contributed by atoms with Crippen molar-refractivity contribution in [1.29, 1.82) is 0 Å². The Morgan fingerprint density at radius 1 is 1.26 bits per heavy atom. The van der Waals surface area contributed by atoms with E-state index in [1.54, 1.807) is 12.3 Å². The van der Waals surface area contributed by atoms with Gasteiger partial charge in [0.25, 0.3) is 0 Å². The molecule has 1 aromatic carbocycles. The Balaban J connectivity index is 2.10. The summed E-state index contributed by atoms with van der Waals surface area (Å²) < 4.78 is 5.79. The zero-order valence-corrected chi connectivity index (χ0v) is 11.3. The molecular weight excluding hydrogens is 238 g/mol. The number of rotatable bonds is 5. The van der Waals surface area contributed by atoms with E-state index in [9.17, 15) is 0 Å². The van der Waals surface area contributed by atoms with E-state index in [0.717, 1.165) is 23.5 Å². The number of nitrogens with one attached hydrogen (secondary N) is 1. The smallest absolute Gasteiger partial charge is 0.125 e. The van der Waals surface area contributed by atoms with Crippen LogP contribution in [-0.4, -0.2) is 11.1 Å². The van der Waals surface area contributed by atoms with Gasteiger partial charge in [-0.2, -0.15) is 0 Å². The van der Waals surface area contributed by atoms with E-state index in [1.165, 1.54) is 0 Å². The Hall–Kier alpha value is -2.23. The summed E-state index contributed by atoms with van der Waals surface area (Å²) in [4.78, 5) is 3.96. The average Bonchev–Trinajstić information content (AvgIpc) is 2.39. The van der Waals surface area contributed by atoms with Crippen LogP contribution in [0.4, 0.5) is 17.2 Å². The number of pyridine rings is 1. The molecule has 0 radical (unpaired) electrons. The Morgan fingerprint density at radius 3 is 2.79 bits per heavy atom. The molecule has 0 spiro atoms. The van der Waals surface area contributed by atoms with Crippen LogP contribution in [0.15, 0.2) is 42.6 Å². The molecule has 4 heteroatoms.